The summed E-state index contributed by atoms with van der Waals surface area (Å²) in [6.07, 6.45) is 3.49. The van der Waals surface area contributed by atoms with Gasteiger partial charge in [0.25, 0.3) is 0 Å². The lowest BCUT2D eigenvalue weighted by Gasteiger charge is -2.13. The molecule has 46 heavy (non-hydrogen) atoms. The van der Waals surface area contributed by atoms with E-state index in [0.717, 1.165) is 6.42 Å². The molecule has 0 saturated carbocycles. The highest BCUT2D eigenvalue weighted by atomic mass is 14.2. The third-order valence-electron chi connectivity index (χ3n) is 9.93. The van der Waals surface area contributed by atoms with Gasteiger partial charge in [0.2, 0.25) is 0 Å². The molecule has 1 aliphatic carbocycles. The van der Waals surface area contributed by atoms with Crippen LogP contribution >= 0.6 is 0 Å². The molecule has 1 aliphatic rings. The lowest BCUT2D eigenvalue weighted by molar-refractivity contribution is 0.795. The molecule has 9 rings (SSSR count). The summed E-state index contributed by atoms with van der Waals surface area (Å²) < 4.78 is 0. The van der Waals surface area contributed by atoms with Crippen molar-refractivity contribution >= 4 is 32.3 Å². The first-order valence-electron chi connectivity index (χ1n) is 16.6. The molecule has 8 aromatic carbocycles. The van der Waals surface area contributed by atoms with Gasteiger partial charge in [-0.05, 0) is 131 Å². The lowest BCUT2D eigenvalue weighted by atomic mass is 9.91. The van der Waals surface area contributed by atoms with Crippen LogP contribution in [-0.4, -0.2) is 0 Å². The average Bonchev–Trinajstić information content (AvgIpc) is 3.45. The van der Waals surface area contributed by atoms with Gasteiger partial charge in [0, 0.05) is 0 Å². The Bertz CT molecular complexity index is 2430. The predicted molar refractivity (Wildman–Crippen MR) is 198 cm³/mol. The Morgan fingerprint density at radius 2 is 0.913 bits per heavy atom. The molecule has 0 atom stereocenters. The Hall–Kier alpha value is -5.46. The first-order chi connectivity index (χ1) is 22.7. The highest BCUT2D eigenvalue weighted by molar-refractivity contribution is 6.18. The topological polar surface area (TPSA) is 0 Å². The van der Waals surface area contributed by atoms with E-state index in [1.165, 1.54) is 106 Å². The average molecular weight is 587 g/mol. The molecule has 0 heterocycles. The van der Waals surface area contributed by atoms with E-state index in [9.17, 15) is 0 Å². The third kappa shape index (κ3) is 4.44. The van der Waals surface area contributed by atoms with Gasteiger partial charge in [-0.25, -0.2) is 0 Å². The molecule has 0 heteroatoms. The van der Waals surface area contributed by atoms with E-state index < -0.39 is 0 Å². The quantitative estimate of drug-likeness (QED) is 0.182. The summed E-state index contributed by atoms with van der Waals surface area (Å²) in [6.45, 7) is 2.27. The number of aryl methyl sites for hydroxylation is 1. The van der Waals surface area contributed by atoms with Crippen LogP contribution in [0, 0.1) is 0 Å². The van der Waals surface area contributed by atoms with Crippen LogP contribution in [-0.2, 0) is 6.42 Å². The van der Waals surface area contributed by atoms with Crippen molar-refractivity contribution in [2.24, 2.45) is 0 Å². The first kappa shape index (κ1) is 26.9. The van der Waals surface area contributed by atoms with Crippen LogP contribution < -0.4 is 0 Å². The maximum atomic E-state index is 2.40. The fourth-order valence-electron chi connectivity index (χ4n) is 7.57. The Kier molecular flexibility index (Phi) is 6.35. The second-order valence-corrected chi connectivity index (χ2v) is 12.8. The number of hydrogen-bond acceptors (Lipinski definition) is 0. The number of hydrogen-bond donors (Lipinski definition) is 0. The van der Waals surface area contributed by atoms with Crippen molar-refractivity contribution in [2.75, 3.05) is 0 Å². The van der Waals surface area contributed by atoms with E-state index in [2.05, 4.69) is 159 Å². The van der Waals surface area contributed by atoms with E-state index in [-0.39, 0.29) is 0 Å². The molecule has 0 N–H and O–H groups in total. The normalized spacial score (nSPS) is 11.8. The molecule has 0 nitrogen and oxygen atoms in total. The minimum atomic E-state index is 1.10. The Balaban J connectivity index is 1.12. The van der Waals surface area contributed by atoms with Gasteiger partial charge in [0.15, 0.2) is 0 Å². The molecule has 0 aliphatic heterocycles. The number of unbranched alkanes of at least 4 members (excludes halogenated alkanes) is 1. The maximum absolute atomic E-state index is 2.40. The highest BCUT2D eigenvalue weighted by Crippen LogP contribution is 2.49. The second-order valence-electron chi connectivity index (χ2n) is 12.8. The fraction of sp³-hybridized carbons (Fsp3) is 0.0870. The van der Waals surface area contributed by atoms with Gasteiger partial charge in [-0.3, -0.25) is 0 Å². The van der Waals surface area contributed by atoms with Gasteiger partial charge < -0.3 is 0 Å². The van der Waals surface area contributed by atoms with Crippen LogP contribution in [0.15, 0.2) is 152 Å². The van der Waals surface area contributed by atoms with Crippen LogP contribution in [0.5, 0.6) is 0 Å². The monoisotopic (exact) mass is 586 g/mol. The van der Waals surface area contributed by atoms with Crippen molar-refractivity contribution in [3.8, 4) is 55.6 Å². The molecule has 0 amide bonds. The molecule has 0 fully saturated rings. The van der Waals surface area contributed by atoms with Crippen molar-refractivity contribution < 1.29 is 0 Å². The smallest absolute Gasteiger partial charge is 0.00201 e. The van der Waals surface area contributed by atoms with Gasteiger partial charge in [0.05, 0.1) is 0 Å². The Morgan fingerprint density at radius 1 is 0.370 bits per heavy atom. The van der Waals surface area contributed by atoms with Crippen molar-refractivity contribution in [3.05, 3.63) is 157 Å². The molecule has 8 aromatic rings. The van der Waals surface area contributed by atoms with Crippen LogP contribution in [0.2, 0.25) is 0 Å². The summed E-state index contributed by atoms with van der Waals surface area (Å²) in [5.41, 5.74) is 14.5. The van der Waals surface area contributed by atoms with Gasteiger partial charge in [-0.15, -0.1) is 0 Å². The van der Waals surface area contributed by atoms with Crippen molar-refractivity contribution in [1.82, 2.24) is 0 Å². The zero-order valence-electron chi connectivity index (χ0n) is 26.1. The molecular formula is C46H34. The first-order valence-corrected chi connectivity index (χ1v) is 16.6. The summed E-state index contributed by atoms with van der Waals surface area (Å²) in [7, 11) is 0. The van der Waals surface area contributed by atoms with Gasteiger partial charge in [0.1, 0.15) is 0 Å². The summed E-state index contributed by atoms with van der Waals surface area (Å²) in [4.78, 5) is 0. The summed E-state index contributed by atoms with van der Waals surface area (Å²) >= 11 is 0. The predicted octanol–water partition coefficient (Wildman–Crippen LogP) is 13.1. The van der Waals surface area contributed by atoms with Gasteiger partial charge >= 0.3 is 0 Å². The third-order valence-corrected chi connectivity index (χ3v) is 9.93. The molecule has 0 bridgehead atoms. The molecule has 0 radical (unpaired) electrons. The van der Waals surface area contributed by atoms with Crippen molar-refractivity contribution in [1.29, 1.82) is 0 Å². The lowest BCUT2D eigenvalue weighted by Crippen LogP contribution is -1.90. The molecule has 0 aromatic heterocycles. The minimum Gasteiger partial charge on any atom is -0.0654 e. The summed E-state index contributed by atoms with van der Waals surface area (Å²) in [5.74, 6) is 0. The standard InChI is InChI=1S/C46H34/c1-2-3-9-30-24-38(35-17-16-31-10-4-5-11-32(31)26-35)29-39(25-30)36-19-18-34-28-37(21-20-33(34)27-36)40-22-23-45-42-13-7-6-12-41(42)44-15-8-14-43(40)46(44)45/h4-8,10-29H,2-3,9H2,1H3. The van der Waals surface area contributed by atoms with Crippen molar-refractivity contribution in [2.45, 2.75) is 26.2 Å². The zero-order chi connectivity index (χ0) is 30.6. The van der Waals surface area contributed by atoms with E-state index in [4.69, 9.17) is 0 Å². The van der Waals surface area contributed by atoms with Crippen LogP contribution in [0.25, 0.3) is 88.0 Å². The molecule has 0 saturated heterocycles. The summed E-state index contributed by atoms with van der Waals surface area (Å²) in [5, 5.41) is 7.81. The van der Waals surface area contributed by atoms with Crippen molar-refractivity contribution in [3.63, 3.8) is 0 Å². The zero-order valence-corrected chi connectivity index (χ0v) is 26.1. The Morgan fingerprint density at radius 3 is 1.63 bits per heavy atom. The van der Waals surface area contributed by atoms with Gasteiger partial charge in [-0.1, -0.05) is 141 Å². The second kappa shape index (κ2) is 10.9. The fourth-order valence-corrected chi connectivity index (χ4v) is 7.57. The van der Waals surface area contributed by atoms with Crippen LogP contribution in [0.4, 0.5) is 0 Å². The molecule has 0 unspecified atom stereocenters. The number of fused-ring (bicyclic) bond motifs is 5. The minimum absolute atomic E-state index is 1.10. The molecule has 218 valence electrons. The SMILES string of the molecule is CCCCc1cc(-c2ccc3ccccc3c2)cc(-c2ccc3cc(-c4ccc5c6c(cccc46)-c4ccccc4-5)ccc3c2)c1. The number of benzene rings is 8. The van der Waals surface area contributed by atoms with E-state index in [0.29, 0.717) is 0 Å². The Labute approximate surface area is 270 Å². The van der Waals surface area contributed by atoms with Crippen LogP contribution in [0.1, 0.15) is 25.3 Å². The highest BCUT2D eigenvalue weighted by Gasteiger charge is 2.22. The number of rotatable bonds is 6. The summed E-state index contributed by atoms with van der Waals surface area (Å²) in [6, 6.07) is 56.8. The molecular weight excluding hydrogens is 553 g/mol. The molecule has 0 spiro atoms. The van der Waals surface area contributed by atoms with E-state index in [1.54, 1.807) is 0 Å². The maximum Gasteiger partial charge on any atom is -0.00201 e. The van der Waals surface area contributed by atoms with E-state index in [1.807, 2.05) is 0 Å². The van der Waals surface area contributed by atoms with Crippen LogP contribution in [0.3, 0.4) is 0 Å². The van der Waals surface area contributed by atoms with Gasteiger partial charge in [-0.2, -0.15) is 0 Å². The van der Waals surface area contributed by atoms with E-state index >= 15 is 0 Å². The largest absolute Gasteiger partial charge is 0.0654 e.